The number of rotatable bonds is 7. The summed E-state index contributed by atoms with van der Waals surface area (Å²) in [4.78, 5) is 0. The average Bonchev–Trinajstić information content (AvgIpc) is 2.39. The van der Waals surface area contributed by atoms with Crippen molar-refractivity contribution in [2.45, 2.75) is 66.3 Å². The molecule has 2 unspecified atom stereocenters. The minimum Gasteiger partial charge on any atom is -0.313 e. The van der Waals surface area contributed by atoms with Crippen molar-refractivity contribution in [3.63, 3.8) is 0 Å². The van der Waals surface area contributed by atoms with Crippen LogP contribution in [0.5, 0.6) is 0 Å². The third-order valence-electron chi connectivity index (χ3n) is 4.14. The van der Waals surface area contributed by atoms with E-state index in [1.807, 2.05) is 7.05 Å². The highest BCUT2D eigenvalue weighted by atomic mass is 14.9. The van der Waals surface area contributed by atoms with Crippen molar-refractivity contribution < 1.29 is 0 Å². The Morgan fingerprint density at radius 3 is 2.00 bits per heavy atom. The smallest absolute Gasteiger partial charge is 0.0314 e. The van der Waals surface area contributed by atoms with E-state index in [2.05, 4.69) is 64.2 Å². The second-order valence-corrected chi connectivity index (χ2v) is 7.23. The van der Waals surface area contributed by atoms with Gasteiger partial charge in [0.2, 0.25) is 0 Å². The Morgan fingerprint density at radius 1 is 1.00 bits per heavy atom. The molecule has 0 saturated heterocycles. The summed E-state index contributed by atoms with van der Waals surface area (Å²) in [5.74, 6) is 0.798. The van der Waals surface area contributed by atoms with Gasteiger partial charge in [-0.1, -0.05) is 65.3 Å². The summed E-state index contributed by atoms with van der Waals surface area (Å²) < 4.78 is 0. The van der Waals surface area contributed by atoms with Gasteiger partial charge in [-0.25, -0.2) is 0 Å². The zero-order valence-electron chi connectivity index (χ0n) is 14.3. The molecule has 0 bridgehead atoms. The van der Waals surface area contributed by atoms with Crippen molar-refractivity contribution in [1.82, 2.24) is 5.32 Å². The van der Waals surface area contributed by atoms with Gasteiger partial charge in [-0.05, 0) is 48.8 Å². The van der Waals surface area contributed by atoms with Crippen LogP contribution < -0.4 is 5.32 Å². The Bertz CT molecular complexity index is 368. The van der Waals surface area contributed by atoms with E-state index < -0.39 is 0 Å². The number of benzene rings is 1. The highest BCUT2D eigenvalue weighted by Gasteiger charge is 2.17. The van der Waals surface area contributed by atoms with Gasteiger partial charge in [0.1, 0.15) is 0 Å². The topological polar surface area (TPSA) is 12.0 Å². The predicted octanol–water partition coefficient (Wildman–Crippen LogP) is 5.36. The predicted molar refractivity (Wildman–Crippen MR) is 90.1 cm³/mol. The van der Waals surface area contributed by atoms with Crippen LogP contribution in [0.4, 0.5) is 0 Å². The molecule has 1 N–H and O–H groups in total. The minimum atomic E-state index is 0.431. The fourth-order valence-electron chi connectivity index (χ4n) is 3.05. The van der Waals surface area contributed by atoms with Crippen LogP contribution in [-0.4, -0.2) is 7.05 Å². The molecule has 0 aliphatic rings. The molecule has 1 heteroatoms. The zero-order chi connectivity index (χ0) is 15.2. The molecule has 0 heterocycles. The summed E-state index contributed by atoms with van der Waals surface area (Å²) in [7, 11) is 2.04. The molecular formula is C19H33N. The lowest BCUT2D eigenvalue weighted by Gasteiger charge is -2.25. The first-order valence-corrected chi connectivity index (χ1v) is 8.15. The van der Waals surface area contributed by atoms with E-state index in [0.29, 0.717) is 11.5 Å². The Labute approximate surface area is 126 Å². The lowest BCUT2D eigenvalue weighted by molar-refractivity contribution is 0.286. The molecule has 1 nitrogen and oxygen atoms in total. The summed E-state index contributed by atoms with van der Waals surface area (Å²) >= 11 is 0. The second kappa shape index (κ2) is 7.83. The van der Waals surface area contributed by atoms with Crippen LogP contribution in [0.1, 0.15) is 71.0 Å². The standard InChI is InChI=1S/C19H33N/c1-7-15(14-19(3,4)5)13-16-9-11-17(12-10-16)18(8-2)20-6/h9-12,15,18,20H,7-8,13-14H2,1-6H3. The maximum atomic E-state index is 3.37. The quantitative estimate of drug-likeness (QED) is 0.706. The fourth-order valence-corrected chi connectivity index (χ4v) is 3.05. The highest BCUT2D eigenvalue weighted by molar-refractivity contribution is 5.25. The van der Waals surface area contributed by atoms with E-state index in [0.717, 1.165) is 12.3 Å². The van der Waals surface area contributed by atoms with Gasteiger partial charge in [0, 0.05) is 6.04 Å². The molecule has 1 aromatic carbocycles. The first kappa shape index (κ1) is 17.2. The third kappa shape index (κ3) is 5.66. The van der Waals surface area contributed by atoms with Gasteiger partial charge in [-0.2, -0.15) is 0 Å². The molecule has 0 aliphatic heterocycles. The SMILES string of the molecule is CCC(Cc1ccc(C(CC)NC)cc1)CC(C)(C)C. The molecule has 2 atom stereocenters. The molecule has 0 saturated carbocycles. The van der Waals surface area contributed by atoms with E-state index in [-0.39, 0.29) is 0 Å². The molecule has 0 aliphatic carbocycles. The van der Waals surface area contributed by atoms with Crippen LogP contribution in [0, 0.1) is 11.3 Å². The fraction of sp³-hybridized carbons (Fsp3) is 0.684. The van der Waals surface area contributed by atoms with Gasteiger partial charge in [0.05, 0.1) is 0 Å². The third-order valence-corrected chi connectivity index (χ3v) is 4.14. The van der Waals surface area contributed by atoms with Crippen LogP contribution in [-0.2, 0) is 6.42 Å². The molecular weight excluding hydrogens is 242 g/mol. The summed E-state index contributed by atoms with van der Waals surface area (Å²) in [6, 6.07) is 9.72. The Morgan fingerprint density at radius 2 is 1.60 bits per heavy atom. The van der Waals surface area contributed by atoms with E-state index >= 15 is 0 Å². The Hall–Kier alpha value is -0.820. The average molecular weight is 275 g/mol. The molecule has 0 aromatic heterocycles. The van der Waals surface area contributed by atoms with Crippen LogP contribution >= 0.6 is 0 Å². The number of hydrogen-bond donors (Lipinski definition) is 1. The largest absolute Gasteiger partial charge is 0.313 e. The van der Waals surface area contributed by atoms with Gasteiger partial charge >= 0.3 is 0 Å². The Balaban J connectivity index is 2.68. The van der Waals surface area contributed by atoms with Crippen molar-refractivity contribution >= 4 is 0 Å². The highest BCUT2D eigenvalue weighted by Crippen LogP contribution is 2.29. The van der Waals surface area contributed by atoms with Crippen molar-refractivity contribution in [3.8, 4) is 0 Å². The van der Waals surface area contributed by atoms with E-state index in [9.17, 15) is 0 Å². The summed E-state index contributed by atoms with van der Waals surface area (Å²) in [5.41, 5.74) is 3.32. The lowest BCUT2D eigenvalue weighted by Crippen LogP contribution is -2.16. The van der Waals surface area contributed by atoms with Gasteiger partial charge in [-0.3, -0.25) is 0 Å². The van der Waals surface area contributed by atoms with E-state index in [1.54, 1.807) is 0 Å². The maximum absolute atomic E-state index is 3.37. The Kier molecular flexibility index (Phi) is 6.75. The molecule has 0 amide bonds. The maximum Gasteiger partial charge on any atom is 0.0314 e. The molecule has 0 spiro atoms. The molecule has 0 fully saturated rings. The first-order valence-electron chi connectivity index (χ1n) is 8.15. The monoisotopic (exact) mass is 275 g/mol. The van der Waals surface area contributed by atoms with Crippen molar-refractivity contribution in [1.29, 1.82) is 0 Å². The van der Waals surface area contributed by atoms with Crippen LogP contribution in [0.25, 0.3) is 0 Å². The molecule has 1 rings (SSSR count). The van der Waals surface area contributed by atoms with Crippen molar-refractivity contribution in [3.05, 3.63) is 35.4 Å². The van der Waals surface area contributed by atoms with Crippen molar-refractivity contribution in [2.24, 2.45) is 11.3 Å². The van der Waals surface area contributed by atoms with Gasteiger partial charge < -0.3 is 5.32 Å². The first-order chi connectivity index (χ1) is 9.39. The molecule has 1 aromatic rings. The van der Waals surface area contributed by atoms with Crippen LogP contribution in [0.2, 0.25) is 0 Å². The van der Waals surface area contributed by atoms with E-state index in [4.69, 9.17) is 0 Å². The van der Waals surface area contributed by atoms with Gasteiger partial charge in [0.25, 0.3) is 0 Å². The zero-order valence-corrected chi connectivity index (χ0v) is 14.3. The van der Waals surface area contributed by atoms with E-state index in [1.165, 1.54) is 30.4 Å². The normalized spacial score (nSPS) is 15.1. The molecule has 114 valence electrons. The lowest BCUT2D eigenvalue weighted by atomic mass is 9.81. The minimum absolute atomic E-state index is 0.431. The van der Waals surface area contributed by atoms with Gasteiger partial charge in [0.15, 0.2) is 0 Å². The number of hydrogen-bond acceptors (Lipinski definition) is 1. The summed E-state index contributed by atoms with van der Waals surface area (Å²) in [5, 5.41) is 3.37. The molecule has 0 radical (unpaired) electrons. The second-order valence-electron chi connectivity index (χ2n) is 7.23. The summed E-state index contributed by atoms with van der Waals surface area (Å²) in [6.07, 6.45) is 4.92. The number of nitrogens with one attached hydrogen (secondary N) is 1. The molecule has 20 heavy (non-hydrogen) atoms. The van der Waals surface area contributed by atoms with Crippen LogP contribution in [0.15, 0.2) is 24.3 Å². The van der Waals surface area contributed by atoms with Gasteiger partial charge in [-0.15, -0.1) is 0 Å². The summed E-state index contributed by atoms with van der Waals surface area (Å²) in [6.45, 7) is 11.6. The van der Waals surface area contributed by atoms with Crippen molar-refractivity contribution in [2.75, 3.05) is 7.05 Å². The van der Waals surface area contributed by atoms with Crippen LogP contribution in [0.3, 0.4) is 0 Å².